The van der Waals surface area contributed by atoms with Crippen molar-refractivity contribution in [2.45, 2.75) is 51.1 Å². The summed E-state index contributed by atoms with van der Waals surface area (Å²) in [5.74, 6) is 2.06. The van der Waals surface area contributed by atoms with Crippen LogP contribution >= 0.6 is 23.4 Å². The predicted molar refractivity (Wildman–Crippen MR) is 215 cm³/mol. The molecule has 11 nitrogen and oxygen atoms in total. The van der Waals surface area contributed by atoms with Crippen LogP contribution in [0, 0.1) is 42.2 Å². The minimum atomic E-state index is -2.97. The third-order valence-corrected chi connectivity index (χ3v) is 13.3. The Labute approximate surface area is 327 Å². The maximum Gasteiger partial charge on any atom is 0.269 e. The minimum Gasteiger partial charge on any atom is -0.457 e. The number of nitro benzene ring substituents is 1. The quantitative estimate of drug-likeness (QED) is 0.120. The second kappa shape index (κ2) is 18.6. The van der Waals surface area contributed by atoms with Gasteiger partial charge in [-0.3, -0.25) is 19.9 Å². The second-order valence-electron chi connectivity index (χ2n) is 13.3. The fourth-order valence-electron chi connectivity index (χ4n) is 6.08. The fraction of sp³-hybridized carbons (Fsp3) is 0.359. The smallest absolute Gasteiger partial charge is 0.269 e. The number of aryl methyl sites for hydroxylation is 3. The summed E-state index contributed by atoms with van der Waals surface area (Å²) in [6.07, 6.45) is 0. The lowest BCUT2D eigenvalue weighted by Gasteiger charge is -2.27. The van der Waals surface area contributed by atoms with Crippen LogP contribution in [-0.4, -0.2) is 80.7 Å². The normalized spacial score (nSPS) is 16.6. The van der Waals surface area contributed by atoms with Crippen molar-refractivity contribution in [3.63, 3.8) is 0 Å². The van der Waals surface area contributed by atoms with Gasteiger partial charge in [0.1, 0.15) is 11.5 Å². The Morgan fingerprint density at radius 1 is 0.778 bits per heavy atom. The van der Waals surface area contributed by atoms with Crippen LogP contribution < -0.4 is 4.74 Å². The first-order valence-corrected chi connectivity index (χ1v) is 21.8. The molecule has 0 atom stereocenters. The number of halogens is 1. The van der Waals surface area contributed by atoms with E-state index in [1.807, 2.05) is 68.1 Å². The van der Waals surface area contributed by atoms with Gasteiger partial charge >= 0.3 is 0 Å². The van der Waals surface area contributed by atoms with Crippen LogP contribution in [0.3, 0.4) is 0 Å². The highest BCUT2D eigenvalue weighted by Crippen LogP contribution is 2.35. The van der Waals surface area contributed by atoms with Crippen LogP contribution in [0.25, 0.3) is 0 Å². The van der Waals surface area contributed by atoms with Gasteiger partial charge in [0.05, 0.1) is 39.6 Å². The van der Waals surface area contributed by atoms with Crippen LogP contribution in [0.5, 0.6) is 11.5 Å². The van der Waals surface area contributed by atoms with E-state index in [2.05, 4.69) is 17.0 Å². The molecule has 2 saturated heterocycles. The van der Waals surface area contributed by atoms with Gasteiger partial charge in [-0.05, 0) is 97.6 Å². The van der Waals surface area contributed by atoms with Crippen molar-refractivity contribution in [1.82, 2.24) is 9.80 Å². The van der Waals surface area contributed by atoms with Gasteiger partial charge in [-0.25, -0.2) is 16.8 Å². The summed E-state index contributed by atoms with van der Waals surface area (Å²) in [7, 11) is -5.88. The third-order valence-electron chi connectivity index (χ3n) is 8.77. The van der Waals surface area contributed by atoms with Crippen LogP contribution in [0.2, 0.25) is 5.02 Å². The summed E-state index contributed by atoms with van der Waals surface area (Å²) >= 11 is 7.64. The van der Waals surface area contributed by atoms with Crippen molar-refractivity contribution in [3.05, 3.63) is 121 Å². The van der Waals surface area contributed by atoms with E-state index in [1.165, 1.54) is 17.8 Å². The van der Waals surface area contributed by atoms with Crippen LogP contribution in [-0.2, 0) is 32.8 Å². The lowest BCUT2D eigenvalue weighted by atomic mass is 10.1. The first-order valence-electron chi connectivity index (χ1n) is 16.9. The van der Waals surface area contributed by atoms with Crippen LogP contribution in [0.1, 0.15) is 40.8 Å². The number of ether oxygens (including phenoxy) is 1. The van der Waals surface area contributed by atoms with E-state index in [4.69, 9.17) is 16.3 Å². The zero-order chi connectivity index (χ0) is 38.3. The largest absolute Gasteiger partial charge is 0.457 e. The molecule has 0 unspecified atom stereocenters. The zero-order valence-corrected chi connectivity index (χ0v) is 33.0. The molecule has 15 heteroatoms. The highest BCUT2D eigenvalue weighted by atomic mass is 35.5. The Morgan fingerprint density at radius 3 is 1.87 bits per heavy atom. The van der Waals surface area contributed by atoms with Gasteiger partial charge in [0.2, 0.25) is 0 Å². The van der Waals surface area contributed by atoms with Crippen molar-refractivity contribution in [3.8, 4) is 17.6 Å². The molecule has 0 aliphatic carbocycles. The number of rotatable bonds is 9. The lowest BCUT2D eigenvalue weighted by Crippen LogP contribution is -2.39. The molecule has 0 spiro atoms. The Morgan fingerprint density at radius 2 is 1.33 bits per heavy atom. The van der Waals surface area contributed by atoms with Crippen molar-refractivity contribution in [2.24, 2.45) is 0 Å². The van der Waals surface area contributed by atoms with Crippen LogP contribution in [0.15, 0.2) is 82.6 Å². The van der Waals surface area contributed by atoms with Crippen molar-refractivity contribution in [1.29, 1.82) is 5.26 Å². The van der Waals surface area contributed by atoms with E-state index >= 15 is 0 Å². The van der Waals surface area contributed by atoms with Gasteiger partial charge in [0.15, 0.2) is 19.7 Å². The third kappa shape index (κ3) is 12.5. The Balaban J connectivity index is 0.000000236. The first kappa shape index (κ1) is 42.8. The molecular formula is C39H45ClN4O7S3. The van der Waals surface area contributed by atoms with Gasteiger partial charge in [-0.15, -0.1) is 0 Å². The molecule has 2 aliphatic heterocycles. The molecule has 0 saturated carbocycles. The molecule has 0 bridgehead atoms. The second-order valence-corrected chi connectivity index (χ2v) is 19.5. The summed E-state index contributed by atoms with van der Waals surface area (Å²) in [5, 5.41) is 21.0. The van der Waals surface area contributed by atoms with E-state index in [0.29, 0.717) is 55.6 Å². The number of hydrogen-bond acceptors (Lipinski definition) is 11. The average Bonchev–Trinajstić information content (AvgIpc) is 3.07. The number of non-ortho nitro benzene ring substituents is 1. The number of hydrogen-bond donors (Lipinski definition) is 0. The molecule has 4 aromatic rings. The summed E-state index contributed by atoms with van der Waals surface area (Å²) in [5.41, 5.74) is 5.58. The van der Waals surface area contributed by atoms with E-state index in [0.717, 1.165) is 43.4 Å². The predicted octanol–water partition coefficient (Wildman–Crippen LogP) is 7.77. The Bertz CT molecular complexity index is 2190. The fourth-order valence-corrected chi connectivity index (χ4v) is 10.1. The summed E-state index contributed by atoms with van der Waals surface area (Å²) in [6, 6.07) is 24.1. The zero-order valence-electron chi connectivity index (χ0n) is 29.7. The number of nitro groups is 1. The first-order chi connectivity index (χ1) is 25.1. The highest BCUT2D eigenvalue weighted by molar-refractivity contribution is 7.99. The monoisotopic (exact) mass is 812 g/mol. The number of benzene rings is 4. The maximum absolute atomic E-state index is 11.6. The van der Waals surface area contributed by atoms with E-state index in [-0.39, 0.29) is 36.1 Å². The molecule has 6 rings (SSSR count). The van der Waals surface area contributed by atoms with Crippen molar-refractivity contribution in [2.75, 3.05) is 49.2 Å². The topological polar surface area (TPSA) is 151 Å². The van der Waals surface area contributed by atoms with Crippen LogP contribution in [0.4, 0.5) is 5.69 Å². The lowest BCUT2D eigenvalue weighted by molar-refractivity contribution is -0.385. The molecule has 288 valence electrons. The molecule has 0 amide bonds. The molecule has 2 fully saturated rings. The minimum absolute atomic E-state index is 0. The van der Waals surface area contributed by atoms with E-state index < -0.39 is 24.6 Å². The number of sulfone groups is 2. The molecule has 4 aromatic carbocycles. The standard InChI is InChI=1S/C20H22N2O3S.C18H19ClN2O4S2.CH4/c1-15-9-16(2)11-19(10-15)25-20-4-3-17(13-21)12-18(20)14-22-5-7-26(23,24)8-6-22;1-13-8-15(19)11-17(9-13)26-18-3-2-16(21(22)23)10-14(18)12-20-4-6-27(24,25)7-5-20;/h3-4,9-12H,5-8,14H2,1-2H3;2-3,8-11H,4-7,12H2,1H3;1H4. The Kier molecular flexibility index (Phi) is 14.7. The van der Waals surface area contributed by atoms with Gasteiger partial charge in [0, 0.05) is 71.8 Å². The van der Waals surface area contributed by atoms with Gasteiger partial charge in [-0.1, -0.05) is 36.9 Å². The highest BCUT2D eigenvalue weighted by Gasteiger charge is 2.24. The summed E-state index contributed by atoms with van der Waals surface area (Å²) in [6.45, 7) is 8.91. The molecular weight excluding hydrogens is 768 g/mol. The van der Waals surface area contributed by atoms with Crippen molar-refractivity contribution < 1.29 is 26.5 Å². The maximum atomic E-state index is 11.6. The molecule has 2 aliphatic rings. The molecule has 2 heterocycles. The van der Waals surface area contributed by atoms with Crippen molar-refractivity contribution >= 4 is 48.7 Å². The molecule has 0 aromatic heterocycles. The van der Waals surface area contributed by atoms with Gasteiger partial charge in [-0.2, -0.15) is 5.26 Å². The average molecular weight is 813 g/mol. The Hall–Kier alpha value is -3.97. The summed E-state index contributed by atoms with van der Waals surface area (Å²) < 4.78 is 52.6. The number of nitriles is 1. The van der Waals surface area contributed by atoms with Gasteiger partial charge in [0.25, 0.3) is 5.69 Å². The number of nitrogens with zero attached hydrogens (tertiary/aromatic N) is 4. The molecule has 54 heavy (non-hydrogen) atoms. The molecule has 0 radical (unpaired) electrons. The van der Waals surface area contributed by atoms with E-state index in [1.54, 1.807) is 18.2 Å². The summed E-state index contributed by atoms with van der Waals surface area (Å²) in [4.78, 5) is 16.7. The van der Waals surface area contributed by atoms with E-state index in [9.17, 15) is 32.2 Å². The van der Waals surface area contributed by atoms with Gasteiger partial charge < -0.3 is 4.74 Å². The SMILES string of the molecule is C.Cc1cc(C)cc(Oc2ccc(C#N)cc2CN2CCS(=O)(=O)CC2)c1.Cc1cc(Cl)cc(Sc2ccc([N+](=O)[O-])cc2CN2CCS(=O)(=O)CC2)c1. The molecule has 0 N–H and O–H groups in total.